The third kappa shape index (κ3) is 4.47. The topological polar surface area (TPSA) is 78.1 Å². The smallest absolute Gasteiger partial charge is 0.237 e. The van der Waals surface area contributed by atoms with Gasteiger partial charge < -0.3 is 29.6 Å². The molecule has 7 nitrogen and oxygen atoms in total. The first kappa shape index (κ1) is 18.4. The highest BCUT2D eigenvalue weighted by Gasteiger charge is 2.31. The van der Waals surface area contributed by atoms with E-state index in [1.54, 1.807) is 7.11 Å². The maximum Gasteiger partial charge on any atom is 0.237 e. The SMILES string of the molecule is COC[C@@H]1CN[C@H](C(=O)NC2CCC(Oc3ccc4c(c3)OCO4)CC2)C1. The van der Waals surface area contributed by atoms with Gasteiger partial charge in [0.15, 0.2) is 11.5 Å². The first-order chi connectivity index (χ1) is 13.2. The Hall–Kier alpha value is -1.99. The number of carbonyl (C=O) groups is 1. The van der Waals surface area contributed by atoms with Crippen LogP contribution in [0.4, 0.5) is 0 Å². The number of hydrogen-bond donors (Lipinski definition) is 2. The Morgan fingerprint density at radius 1 is 1.22 bits per heavy atom. The summed E-state index contributed by atoms with van der Waals surface area (Å²) >= 11 is 0. The van der Waals surface area contributed by atoms with E-state index < -0.39 is 0 Å². The van der Waals surface area contributed by atoms with E-state index >= 15 is 0 Å². The van der Waals surface area contributed by atoms with Crippen LogP contribution in [-0.2, 0) is 9.53 Å². The van der Waals surface area contributed by atoms with E-state index in [9.17, 15) is 4.79 Å². The van der Waals surface area contributed by atoms with Gasteiger partial charge in [-0.2, -0.15) is 0 Å². The fourth-order valence-electron chi connectivity index (χ4n) is 4.14. The van der Waals surface area contributed by atoms with Crippen molar-refractivity contribution >= 4 is 5.91 Å². The molecule has 2 N–H and O–H groups in total. The van der Waals surface area contributed by atoms with Crippen LogP contribution in [0.15, 0.2) is 18.2 Å². The van der Waals surface area contributed by atoms with Gasteiger partial charge in [-0.3, -0.25) is 4.79 Å². The van der Waals surface area contributed by atoms with Crippen molar-refractivity contribution in [3.63, 3.8) is 0 Å². The number of amides is 1. The van der Waals surface area contributed by atoms with E-state index in [-0.39, 0.29) is 30.9 Å². The van der Waals surface area contributed by atoms with Gasteiger partial charge in [-0.1, -0.05) is 0 Å². The number of hydrogen-bond acceptors (Lipinski definition) is 6. The second-order valence-electron chi connectivity index (χ2n) is 7.63. The molecule has 148 valence electrons. The summed E-state index contributed by atoms with van der Waals surface area (Å²) in [7, 11) is 1.71. The highest BCUT2D eigenvalue weighted by molar-refractivity contribution is 5.82. The van der Waals surface area contributed by atoms with Gasteiger partial charge in [0.2, 0.25) is 12.7 Å². The molecule has 1 aromatic carbocycles. The lowest BCUT2D eigenvalue weighted by atomic mass is 9.92. The van der Waals surface area contributed by atoms with E-state index in [1.165, 1.54) is 0 Å². The average molecular weight is 376 g/mol. The number of fused-ring (bicyclic) bond motifs is 1. The van der Waals surface area contributed by atoms with Gasteiger partial charge in [-0.25, -0.2) is 0 Å². The van der Waals surface area contributed by atoms with Crippen LogP contribution in [-0.4, -0.2) is 51.1 Å². The van der Waals surface area contributed by atoms with Gasteiger partial charge >= 0.3 is 0 Å². The zero-order chi connectivity index (χ0) is 18.6. The van der Waals surface area contributed by atoms with Crippen LogP contribution in [0.5, 0.6) is 17.2 Å². The Kier molecular flexibility index (Phi) is 5.69. The molecular formula is C20H28N2O5. The van der Waals surface area contributed by atoms with Gasteiger partial charge in [0.1, 0.15) is 5.75 Å². The monoisotopic (exact) mass is 376 g/mol. The van der Waals surface area contributed by atoms with Crippen molar-refractivity contribution in [2.45, 2.75) is 50.3 Å². The maximum atomic E-state index is 12.5. The molecule has 0 spiro atoms. The second kappa shape index (κ2) is 8.35. The fourth-order valence-corrected chi connectivity index (χ4v) is 4.14. The molecule has 1 saturated heterocycles. The highest BCUT2D eigenvalue weighted by atomic mass is 16.7. The summed E-state index contributed by atoms with van der Waals surface area (Å²) in [6, 6.07) is 5.84. The number of carbonyl (C=O) groups excluding carboxylic acids is 1. The number of methoxy groups -OCH3 is 1. The molecular weight excluding hydrogens is 348 g/mol. The van der Waals surface area contributed by atoms with Crippen LogP contribution < -0.4 is 24.8 Å². The average Bonchev–Trinajstić information content (AvgIpc) is 3.32. The summed E-state index contributed by atoms with van der Waals surface area (Å²) in [5.74, 6) is 2.86. The van der Waals surface area contributed by atoms with Crippen molar-refractivity contribution in [1.29, 1.82) is 0 Å². The Morgan fingerprint density at radius 2 is 2.04 bits per heavy atom. The molecule has 0 bridgehead atoms. The van der Waals surface area contributed by atoms with E-state index in [0.29, 0.717) is 12.5 Å². The molecule has 1 amide bonds. The van der Waals surface area contributed by atoms with Gasteiger partial charge in [0.05, 0.1) is 18.8 Å². The summed E-state index contributed by atoms with van der Waals surface area (Å²) < 4.78 is 22.0. The molecule has 2 fully saturated rings. The minimum atomic E-state index is -0.0900. The first-order valence-electron chi connectivity index (χ1n) is 9.80. The van der Waals surface area contributed by atoms with Crippen LogP contribution in [0.2, 0.25) is 0 Å². The molecule has 1 aromatic rings. The van der Waals surface area contributed by atoms with Gasteiger partial charge in [0.25, 0.3) is 0 Å². The first-order valence-corrected chi connectivity index (χ1v) is 9.80. The largest absolute Gasteiger partial charge is 0.490 e. The highest BCUT2D eigenvalue weighted by Crippen LogP contribution is 2.36. The van der Waals surface area contributed by atoms with Gasteiger partial charge in [0, 0.05) is 25.8 Å². The lowest BCUT2D eigenvalue weighted by Crippen LogP contribution is -2.47. The Labute approximate surface area is 159 Å². The van der Waals surface area contributed by atoms with Crippen LogP contribution in [0.1, 0.15) is 32.1 Å². The molecule has 27 heavy (non-hydrogen) atoms. The lowest BCUT2D eigenvalue weighted by molar-refractivity contribution is -0.123. The Balaban J connectivity index is 1.20. The quantitative estimate of drug-likeness (QED) is 0.789. The standard InChI is InChI=1S/C20H28N2O5/c1-24-11-13-8-17(21-10-13)20(23)22-14-2-4-15(5-3-14)27-16-6-7-18-19(9-16)26-12-25-18/h6-7,9,13-15,17,21H,2-5,8,10-12H2,1H3,(H,22,23)/t13-,14?,15?,17-/m0/s1. The lowest BCUT2D eigenvalue weighted by Gasteiger charge is -2.30. The molecule has 2 atom stereocenters. The molecule has 0 unspecified atom stereocenters. The fraction of sp³-hybridized carbons (Fsp3) is 0.650. The molecule has 3 aliphatic rings. The number of nitrogens with one attached hydrogen (secondary N) is 2. The number of benzene rings is 1. The van der Waals surface area contributed by atoms with Crippen molar-refractivity contribution in [3.05, 3.63) is 18.2 Å². The van der Waals surface area contributed by atoms with E-state index in [2.05, 4.69) is 10.6 Å². The number of ether oxygens (including phenoxy) is 4. The summed E-state index contributed by atoms with van der Waals surface area (Å²) in [4.78, 5) is 12.5. The minimum Gasteiger partial charge on any atom is -0.490 e. The van der Waals surface area contributed by atoms with Gasteiger partial charge in [-0.05, 0) is 50.2 Å². The Morgan fingerprint density at radius 3 is 2.85 bits per heavy atom. The second-order valence-corrected chi connectivity index (χ2v) is 7.63. The van der Waals surface area contributed by atoms with Crippen LogP contribution in [0, 0.1) is 5.92 Å². The molecule has 4 rings (SSSR count). The van der Waals surface area contributed by atoms with E-state index in [0.717, 1.165) is 55.9 Å². The third-order valence-electron chi connectivity index (χ3n) is 5.61. The molecule has 2 aliphatic heterocycles. The summed E-state index contributed by atoms with van der Waals surface area (Å²) in [6.07, 6.45) is 4.77. The van der Waals surface area contributed by atoms with Crippen LogP contribution in [0.25, 0.3) is 0 Å². The van der Waals surface area contributed by atoms with E-state index in [1.807, 2.05) is 18.2 Å². The molecule has 0 radical (unpaired) electrons. The molecule has 0 aromatic heterocycles. The predicted octanol–water partition coefficient (Wildman–Crippen LogP) is 1.85. The van der Waals surface area contributed by atoms with Crippen LogP contribution in [0.3, 0.4) is 0 Å². The zero-order valence-electron chi connectivity index (χ0n) is 15.7. The summed E-state index contributed by atoms with van der Waals surface area (Å²) in [5.41, 5.74) is 0. The molecule has 2 heterocycles. The van der Waals surface area contributed by atoms with Crippen molar-refractivity contribution < 1.29 is 23.7 Å². The molecule has 1 aliphatic carbocycles. The molecule has 1 saturated carbocycles. The third-order valence-corrected chi connectivity index (χ3v) is 5.61. The van der Waals surface area contributed by atoms with Crippen molar-refractivity contribution in [1.82, 2.24) is 10.6 Å². The summed E-state index contributed by atoms with van der Waals surface area (Å²) in [5, 5.41) is 6.51. The normalized spacial score (nSPS) is 29.5. The maximum absolute atomic E-state index is 12.5. The Bertz CT molecular complexity index is 660. The van der Waals surface area contributed by atoms with Crippen LogP contribution >= 0.6 is 0 Å². The van der Waals surface area contributed by atoms with Crippen molar-refractivity contribution in [2.24, 2.45) is 5.92 Å². The molecule has 7 heteroatoms. The minimum absolute atomic E-state index is 0.0900. The zero-order valence-corrected chi connectivity index (χ0v) is 15.7. The van der Waals surface area contributed by atoms with Gasteiger partial charge in [-0.15, -0.1) is 0 Å². The van der Waals surface area contributed by atoms with E-state index in [4.69, 9.17) is 18.9 Å². The summed E-state index contributed by atoms with van der Waals surface area (Å²) in [6.45, 7) is 1.83. The van der Waals surface area contributed by atoms with Crippen molar-refractivity contribution in [2.75, 3.05) is 27.1 Å². The number of rotatable bonds is 6. The van der Waals surface area contributed by atoms with Crippen molar-refractivity contribution in [3.8, 4) is 17.2 Å². The predicted molar refractivity (Wildman–Crippen MR) is 99.2 cm³/mol.